The molecule has 0 bridgehead atoms. The lowest BCUT2D eigenvalue weighted by Crippen LogP contribution is -1.78. The van der Waals surface area contributed by atoms with Crippen LogP contribution in [0.2, 0.25) is 0 Å². The second kappa shape index (κ2) is 5.56. The van der Waals surface area contributed by atoms with Gasteiger partial charge in [0.15, 0.2) is 0 Å². The topological polar surface area (TPSA) is 0 Å². The van der Waals surface area contributed by atoms with E-state index in [2.05, 4.69) is 5.73 Å². The van der Waals surface area contributed by atoms with E-state index >= 15 is 0 Å². The van der Waals surface area contributed by atoms with Crippen LogP contribution >= 0.6 is 0 Å². The summed E-state index contributed by atoms with van der Waals surface area (Å²) in [4.78, 5) is 0. The SMILES string of the molecule is C/C=C/C=C=C(C)/C(C)=C(\C)F. The van der Waals surface area contributed by atoms with Gasteiger partial charge in [-0.05, 0) is 44.9 Å². The lowest BCUT2D eigenvalue weighted by atomic mass is 10.1. The highest BCUT2D eigenvalue weighted by Crippen LogP contribution is 2.12. The first kappa shape index (κ1) is 10.9. The van der Waals surface area contributed by atoms with Gasteiger partial charge >= 0.3 is 0 Å². The van der Waals surface area contributed by atoms with Crippen molar-refractivity contribution in [3.8, 4) is 0 Å². The maximum Gasteiger partial charge on any atom is 0.101 e. The van der Waals surface area contributed by atoms with Gasteiger partial charge in [0.1, 0.15) is 5.83 Å². The summed E-state index contributed by atoms with van der Waals surface area (Å²) in [6, 6.07) is 0. The van der Waals surface area contributed by atoms with Gasteiger partial charge in [0.05, 0.1) is 0 Å². The summed E-state index contributed by atoms with van der Waals surface area (Å²) >= 11 is 0. The Balaban J connectivity index is 4.71. The molecule has 12 heavy (non-hydrogen) atoms. The van der Waals surface area contributed by atoms with E-state index in [-0.39, 0.29) is 5.83 Å². The molecule has 0 radical (unpaired) electrons. The highest BCUT2D eigenvalue weighted by atomic mass is 19.1. The molecule has 0 N–H and O–H groups in total. The molecule has 66 valence electrons. The van der Waals surface area contributed by atoms with Gasteiger partial charge in [0, 0.05) is 0 Å². The maximum atomic E-state index is 12.6. The lowest BCUT2D eigenvalue weighted by molar-refractivity contribution is 0.629. The van der Waals surface area contributed by atoms with Crippen LogP contribution in [0, 0.1) is 0 Å². The van der Waals surface area contributed by atoms with Gasteiger partial charge in [-0.25, -0.2) is 4.39 Å². The van der Waals surface area contributed by atoms with E-state index in [4.69, 9.17) is 0 Å². The summed E-state index contributed by atoms with van der Waals surface area (Å²) in [5, 5.41) is 0. The highest BCUT2D eigenvalue weighted by Gasteiger charge is 1.95. The maximum absolute atomic E-state index is 12.6. The van der Waals surface area contributed by atoms with Crippen molar-refractivity contribution in [3.05, 3.63) is 40.9 Å². The summed E-state index contributed by atoms with van der Waals surface area (Å²) in [6.45, 7) is 6.98. The molecule has 0 heterocycles. The normalized spacial score (nSPS) is 12.4. The van der Waals surface area contributed by atoms with Gasteiger partial charge in [-0.1, -0.05) is 12.2 Å². The van der Waals surface area contributed by atoms with Gasteiger partial charge in [-0.15, -0.1) is 5.73 Å². The molecule has 0 saturated carbocycles. The summed E-state index contributed by atoms with van der Waals surface area (Å²) in [5.74, 6) is -0.145. The Morgan fingerprint density at radius 3 is 2.25 bits per heavy atom. The van der Waals surface area contributed by atoms with Crippen molar-refractivity contribution in [2.24, 2.45) is 0 Å². The molecule has 0 aromatic heterocycles. The van der Waals surface area contributed by atoms with Crippen molar-refractivity contribution < 1.29 is 4.39 Å². The number of allylic oxidation sites excluding steroid dienone is 5. The van der Waals surface area contributed by atoms with Gasteiger partial charge in [-0.3, -0.25) is 0 Å². The zero-order chi connectivity index (χ0) is 9.56. The van der Waals surface area contributed by atoms with Gasteiger partial charge in [-0.2, -0.15) is 0 Å². The highest BCUT2D eigenvalue weighted by molar-refractivity contribution is 5.29. The van der Waals surface area contributed by atoms with Crippen LogP contribution in [-0.4, -0.2) is 0 Å². The molecule has 0 saturated heterocycles. The molecular formula is C11H15F. The van der Waals surface area contributed by atoms with E-state index in [0.717, 1.165) is 5.57 Å². The van der Waals surface area contributed by atoms with E-state index in [0.29, 0.717) is 5.57 Å². The molecule has 0 aliphatic carbocycles. The molecule has 0 fully saturated rings. The smallest absolute Gasteiger partial charge is 0.101 e. The van der Waals surface area contributed by atoms with Gasteiger partial charge in [0.25, 0.3) is 0 Å². The molecule has 1 heteroatoms. The van der Waals surface area contributed by atoms with Crippen molar-refractivity contribution in [3.63, 3.8) is 0 Å². The van der Waals surface area contributed by atoms with Crippen LogP contribution < -0.4 is 0 Å². The Labute approximate surface area is 73.8 Å². The molecule has 0 amide bonds. The first-order valence-electron chi connectivity index (χ1n) is 3.97. The molecule has 0 unspecified atom stereocenters. The van der Waals surface area contributed by atoms with Crippen molar-refractivity contribution in [1.29, 1.82) is 0 Å². The number of hydrogen-bond acceptors (Lipinski definition) is 0. The van der Waals surface area contributed by atoms with Crippen molar-refractivity contribution >= 4 is 0 Å². The second-order valence-corrected chi connectivity index (χ2v) is 2.62. The fourth-order valence-corrected chi connectivity index (χ4v) is 0.636. The van der Waals surface area contributed by atoms with Crippen LogP contribution in [0.3, 0.4) is 0 Å². The zero-order valence-corrected chi connectivity index (χ0v) is 8.11. The van der Waals surface area contributed by atoms with Crippen LogP contribution in [0.4, 0.5) is 4.39 Å². The average molecular weight is 166 g/mol. The molecule has 0 aliphatic rings. The van der Waals surface area contributed by atoms with Gasteiger partial charge < -0.3 is 0 Å². The lowest BCUT2D eigenvalue weighted by Gasteiger charge is -1.96. The third-order valence-corrected chi connectivity index (χ3v) is 1.67. The van der Waals surface area contributed by atoms with Gasteiger partial charge in [0.2, 0.25) is 0 Å². The minimum Gasteiger partial charge on any atom is -0.212 e. The quantitative estimate of drug-likeness (QED) is 0.430. The number of halogens is 1. The number of hydrogen-bond donors (Lipinski definition) is 0. The molecule has 0 rings (SSSR count). The summed E-state index contributed by atoms with van der Waals surface area (Å²) < 4.78 is 12.6. The van der Waals surface area contributed by atoms with Crippen molar-refractivity contribution in [2.75, 3.05) is 0 Å². The fourth-order valence-electron chi connectivity index (χ4n) is 0.636. The Bertz CT molecular complexity index is 257. The Morgan fingerprint density at radius 1 is 1.25 bits per heavy atom. The van der Waals surface area contributed by atoms with Crippen molar-refractivity contribution in [2.45, 2.75) is 27.7 Å². The zero-order valence-electron chi connectivity index (χ0n) is 8.11. The number of rotatable bonds is 2. The predicted octanol–water partition coefficient (Wildman–Crippen LogP) is 3.93. The average Bonchev–Trinajstić information content (AvgIpc) is 2.03. The van der Waals surface area contributed by atoms with Crippen LogP contribution in [0.5, 0.6) is 0 Å². The van der Waals surface area contributed by atoms with Crippen LogP contribution in [0.1, 0.15) is 27.7 Å². The van der Waals surface area contributed by atoms with E-state index in [1.165, 1.54) is 6.92 Å². The van der Waals surface area contributed by atoms with Crippen LogP contribution in [-0.2, 0) is 0 Å². The monoisotopic (exact) mass is 166 g/mol. The molecule has 0 aliphatic heterocycles. The van der Waals surface area contributed by atoms with Crippen LogP contribution in [0.15, 0.2) is 40.9 Å². The molecule has 0 aromatic carbocycles. The summed E-state index contributed by atoms with van der Waals surface area (Å²) in [5.41, 5.74) is 4.48. The molecule has 0 spiro atoms. The molecule has 0 atom stereocenters. The van der Waals surface area contributed by atoms with E-state index in [9.17, 15) is 4.39 Å². The fraction of sp³-hybridized carbons (Fsp3) is 0.364. The first-order chi connectivity index (χ1) is 5.59. The Hall–Kier alpha value is -1.07. The van der Waals surface area contributed by atoms with E-state index in [1.54, 1.807) is 13.0 Å². The minimum absolute atomic E-state index is 0.145. The largest absolute Gasteiger partial charge is 0.212 e. The summed E-state index contributed by atoms with van der Waals surface area (Å²) in [6.07, 6.45) is 5.55. The third kappa shape index (κ3) is 3.95. The summed E-state index contributed by atoms with van der Waals surface area (Å²) in [7, 11) is 0. The van der Waals surface area contributed by atoms with Crippen LogP contribution in [0.25, 0.3) is 0 Å². The Kier molecular flexibility index (Phi) is 5.07. The molecule has 0 nitrogen and oxygen atoms in total. The standard InChI is InChI=1S/C11H15F/c1-5-6-7-8-9(2)10(3)11(4)12/h5-7H,1-4H3/b6-5+,11-10+. The van der Waals surface area contributed by atoms with E-state index in [1.807, 2.05) is 26.0 Å². The predicted molar refractivity (Wildman–Crippen MR) is 51.6 cm³/mol. The van der Waals surface area contributed by atoms with Crippen molar-refractivity contribution in [1.82, 2.24) is 0 Å². The first-order valence-corrected chi connectivity index (χ1v) is 3.97. The Morgan fingerprint density at radius 2 is 1.83 bits per heavy atom. The molecular weight excluding hydrogens is 151 g/mol. The molecule has 0 aromatic rings. The van der Waals surface area contributed by atoms with E-state index < -0.39 is 0 Å². The minimum atomic E-state index is -0.145. The third-order valence-electron chi connectivity index (χ3n) is 1.67. The second-order valence-electron chi connectivity index (χ2n) is 2.62.